The second-order valence-electron chi connectivity index (χ2n) is 7.94. The first-order valence-corrected chi connectivity index (χ1v) is 13.1. The number of thiazole rings is 1. The number of hydrogen-bond donors (Lipinski definition) is 2. The lowest BCUT2D eigenvalue weighted by atomic mass is 10.1. The molecule has 2 N–H and O–H groups in total. The van der Waals surface area contributed by atoms with Crippen LogP contribution in [0.4, 0.5) is 10.8 Å². The van der Waals surface area contributed by atoms with Crippen molar-refractivity contribution in [2.45, 2.75) is 19.4 Å². The number of benzene rings is 2. The number of carbonyl (C=O) groups is 2. The van der Waals surface area contributed by atoms with E-state index in [1.165, 1.54) is 0 Å². The third-order valence-corrected chi connectivity index (χ3v) is 7.16. The lowest BCUT2D eigenvalue weighted by Gasteiger charge is -2.25. The molecule has 0 radical (unpaired) electrons. The molecule has 1 aromatic heterocycles. The van der Waals surface area contributed by atoms with Crippen LogP contribution in [0, 0.1) is 6.92 Å². The molecule has 33 heavy (non-hydrogen) atoms. The van der Waals surface area contributed by atoms with Crippen molar-refractivity contribution >= 4 is 55.9 Å². The van der Waals surface area contributed by atoms with Gasteiger partial charge in [0.25, 0.3) is 5.91 Å². The molecule has 9 heteroatoms. The van der Waals surface area contributed by atoms with Crippen LogP contribution in [0.5, 0.6) is 0 Å². The van der Waals surface area contributed by atoms with E-state index in [2.05, 4.69) is 15.5 Å². The van der Waals surface area contributed by atoms with Gasteiger partial charge in [0, 0.05) is 24.3 Å². The van der Waals surface area contributed by atoms with Crippen LogP contribution in [0.2, 0.25) is 0 Å². The Hall–Kier alpha value is -2.62. The number of rotatable bonds is 8. The predicted octanol–water partition coefficient (Wildman–Crippen LogP) is 3.93. The van der Waals surface area contributed by atoms with Crippen LogP contribution >= 0.6 is 23.1 Å². The molecule has 0 aliphatic carbocycles. The summed E-state index contributed by atoms with van der Waals surface area (Å²) in [6.45, 7) is 5.03. The van der Waals surface area contributed by atoms with Crippen molar-refractivity contribution in [3.05, 3.63) is 53.6 Å². The molecule has 1 fully saturated rings. The molecule has 174 valence electrons. The van der Waals surface area contributed by atoms with Gasteiger partial charge < -0.3 is 20.3 Å². The Morgan fingerprint density at radius 3 is 2.79 bits per heavy atom. The number of ether oxygens (including phenoxy) is 1. The van der Waals surface area contributed by atoms with E-state index in [0.717, 1.165) is 39.8 Å². The maximum absolute atomic E-state index is 13.1. The summed E-state index contributed by atoms with van der Waals surface area (Å²) in [6.07, 6.45) is 2.54. The Kier molecular flexibility index (Phi) is 7.85. The van der Waals surface area contributed by atoms with Crippen LogP contribution in [-0.4, -0.2) is 61.2 Å². The lowest BCUT2D eigenvalue weighted by molar-refractivity contribution is -0.118. The molecule has 1 aliphatic rings. The van der Waals surface area contributed by atoms with Crippen LogP contribution < -0.4 is 15.5 Å². The van der Waals surface area contributed by atoms with Crippen molar-refractivity contribution in [2.75, 3.05) is 48.5 Å². The summed E-state index contributed by atoms with van der Waals surface area (Å²) < 4.78 is 6.44. The zero-order valence-electron chi connectivity index (χ0n) is 18.8. The SMILES string of the molecule is CSCCC(NC(=O)c1cccc(C)c1)C(=O)Nc1ccc2nc(N3CCOCC3)sc2c1. The minimum Gasteiger partial charge on any atom is -0.378 e. The Labute approximate surface area is 201 Å². The molecule has 1 aliphatic heterocycles. The smallest absolute Gasteiger partial charge is 0.251 e. The molecular weight excluding hydrogens is 456 g/mol. The van der Waals surface area contributed by atoms with Gasteiger partial charge in [-0.15, -0.1) is 0 Å². The van der Waals surface area contributed by atoms with Crippen molar-refractivity contribution in [1.82, 2.24) is 10.3 Å². The molecule has 1 unspecified atom stereocenters. The topological polar surface area (TPSA) is 83.6 Å². The normalized spacial score (nSPS) is 14.8. The monoisotopic (exact) mass is 484 g/mol. The number of nitrogens with zero attached hydrogens (tertiary/aromatic N) is 2. The minimum atomic E-state index is -0.619. The molecule has 4 rings (SSSR count). The summed E-state index contributed by atoms with van der Waals surface area (Å²) in [5.74, 6) is 0.304. The van der Waals surface area contributed by atoms with Crippen molar-refractivity contribution < 1.29 is 14.3 Å². The number of fused-ring (bicyclic) bond motifs is 1. The first-order valence-electron chi connectivity index (χ1n) is 10.9. The summed E-state index contributed by atoms with van der Waals surface area (Å²) in [5.41, 5.74) is 3.16. The third kappa shape index (κ3) is 6.04. The van der Waals surface area contributed by atoms with Crippen molar-refractivity contribution in [2.24, 2.45) is 0 Å². The summed E-state index contributed by atoms with van der Waals surface area (Å²) in [6, 6.07) is 12.5. The molecular formula is C24H28N4O3S2. The van der Waals surface area contributed by atoms with Gasteiger partial charge in [-0.1, -0.05) is 29.0 Å². The van der Waals surface area contributed by atoms with E-state index in [-0.39, 0.29) is 11.8 Å². The maximum Gasteiger partial charge on any atom is 0.251 e. The maximum atomic E-state index is 13.1. The molecule has 3 aromatic rings. The number of thioether (sulfide) groups is 1. The number of anilines is 2. The highest BCUT2D eigenvalue weighted by Crippen LogP contribution is 2.31. The third-order valence-electron chi connectivity index (χ3n) is 5.44. The van der Waals surface area contributed by atoms with E-state index in [0.29, 0.717) is 30.9 Å². The highest BCUT2D eigenvalue weighted by Gasteiger charge is 2.22. The first kappa shape index (κ1) is 23.5. The number of carbonyl (C=O) groups excluding carboxylic acids is 2. The van der Waals surface area contributed by atoms with Crippen molar-refractivity contribution in [3.63, 3.8) is 0 Å². The molecule has 2 amide bonds. The van der Waals surface area contributed by atoms with Gasteiger partial charge in [-0.3, -0.25) is 9.59 Å². The molecule has 1 atom stereocenters. The van der Waals surface area contributed by atoms with Crippen LogP contribution in [0.25, 0.3) is 10.2 Å². The largest absolute Gasteiger partial charge is 0.378 e. The van der Waals surface area contributed by atoms with E-state index in [4.69, 9.17) is 9.72 Å². The van der Waals surface area contributed by atoms with Gasteiger partial charge in [0.15, 0.2) is 5.13 Å². The first-order chi connectivity index (χ1) is 16.0. The highest BCUT2D eigenvalue weighted by atomic mass is 32.2. The number of aromatic nitrogens is 1. The van der Waals surface area contributed by atoms with Crippen LogP contribution in [0.15, 0.2) is 42.5 Å². The summed E-state index contributed by atoms with van der Waals surface area (Å²) in [7, 11) is 0. The second kappa shape index (κ2) is 11.0. The molecule has 0 bridgehead atoms. The highest BCUT2D eigenvalue weighted by molar-refractivity contribution is 7.98. The number of amides is 2. The van der Waals surface area contributed by atoms with E-state index in [1.807, 2.05) is 49.6 Å². The quantitative estimate of drug-likeness (QED) is 0.504. The van der Waals surface area contributed by atoms with Crippen LogP contribution in [0.1, 0.15) is 22.3 Å². The van der Waals surface area contributed by atoms with E-state index < -0.39 is 6.04 Å². The Bertz CT molecular complexity index is 1130. The van der Waals surface area contributed by atoms with Gasteiger partial charge in [0.05, 0.1) is 23.4 Å². The van der Waals surface area contributed by atoms with E-state index in [1.54, 1.807) is 29.2 Å². The summed E-state index contributed by atoms with van der Waals surface area (Å²) >= 11 is 3.26. The van der Waals surface area contributed by atoms with Gasteiger partial charge in [-0.25, -0.2) is 4.98 Å². The number of nitrogens with one attached hydrogen (secondary N) is 2. The lowest BCUT2D eigenvalue weighted by Crippen LogP contribution is -2.44. The molecule has 1 saturated heterocycles. The number of hydrogen-bond acceptors (Lipinski definition) is 7. The van der Waals surface area contributed by atoms with Gasteiger partial charge >= 0.3 is 0 Å². The minimum absolute atomic E-state index is 0.220. The predicted molar refractivity (Wildman–Crippen MR) is 137 cm³/mol. The van der Waals surface area contributed by atoms with Crippen molar-refractivity contribution in [1.29, 1.82) is 0 Å². The second-order valence-corrected chi connectivity index (χ2v) is 9.94. The molecule has 2 aromatic carbocycles. The van der Waals surface area contributed by atoms with Gasteiger partial charge in [-0.05, 0) is 55.7 Å². The fourth-order valence-electron chi connectivity index (χ4n) is 3.64. The Morgan fingerprint density at radius 1 is 1.21 bits per heavy atom. The average molecular weight is 485 g/mol. The van der Waals surface area contributed by atoms with Gasteiger partial charge in [-0.2, -0.15) is 11.8 Å². The standard InChI is InChI=1S/C24H28N4O3S2/c1-16-4-3-5-17(14-16)22(29)26-20(8-13-32-2)23(30)25-18-6-7-19-21(15-18)33-24(27-19)28-9-11-31-12-10-28/h3-7,14-15,20H,8-13H2,1-2H3,(H,25,30)(H,26,29). The van der Waals surface area contributed by atoms with E-state index in [9.17, 15) is 9.59 Å². The molecule has 0 saturated carbocycles. The fourth-order valence-corrected chi connectivity index (χ4v) is 5.17. The number of morpholine rings is 1. The zero-order chi connectivity index (χ0) is 23.2. The Morgan fingerprint density at radius 2 is 2.03 bits per heavy atom. The van der Waals surface area contributed by atoms with Crippen LogP contribution in [-0.2, 0) is 9.53 Å². The van der Waals surface area contributed by atoms with Crippen molar-refractivity contribution in [3.8, 4) is 0 Å². The molecule has 0 spiro atoms. The van der Waals surface area contributed by atoms with Gasteiger partial charge in [0.2, 0.25) is 5.91 Å². The summed E-state index contributed by atoms with van der Waals surface area (Å²) in [4.78, 5) is 32.8. The van der Waals surface area contributed by atoms with Crippen LogP contribution in [0.3, 0.4) is 0 Å². The molecule has 2 heterocycles. The van der Waals surface area contributed by atoms with E-state index >= 15 is 0 Å². The molecule has 7 nitrogen and oxygen atoms in total. The fraction of sp³-hybridized carbons (Fsp3) is 0.375. The zero-order valence-corrected chi connectivity index (χ0v) is 20.4. The summed E-state index contributed by atoms with van der Waals surface area (Å²) in [5, 5.41) is 6.86. The number of aryl methyl sites for hydroxylation is 1. The van der Waals surface area contributed by atoms with Gasteiger partial charge in [0.1, 0.15) is 6.04 Å². The average Bonchev–Trinajstić information content (AvgIpc) is 3.25. The Balaban J connectivity index is 1.46.